The highest BCUT2D eigenvalue weighted by Crippen LogP contribution is 2.53. The van der Waals surface area contributed by atoms with Crippen LogP contribution >= 0.6 is 23.5 Å². The van der Waals surface area contributed by atoms with Crippen LogP contribution in [0, 0.1) is 5.92 Å². The van der Waals surface area contributed by atoms with Crippen LogP contribution < -0.4 is 0 Å². The Morgan fingerprint density at radius 1 is 1.67 bits per heavy atom. The Morgan fingerprint density at radius 2 is 2.33 bits per heavy atom. The van der Waals surface area contributed by atoms with Crippen molar-refractivity contribution in [1.82, 2.24) is 4.90 Å². The fraction of sp³-hybridized carbons (Fsp3) is 0.600. The molecule has 3 atom stereocenters. The highest BCUT2D eigenvalue weighted by Gasteiger charge is 2.57. The van der Waals surface area contributed by atoms with Crippen molar-refractivity contribution in [3.8, 4) is 0 Å². The second kappa shape index (κ2) is 5.10. The summed E-state index contributed by atoms with van der Waals surface area (Å²) in [6.07, 6.45) is -0.813. The number of aliphatic carboxylic acids is 1. The molecule has 5 nitrogen and oxygen atoms in total. The number of fused-ring (bicyclic) bond motifs is 1. The van der Waals surface area contributed by atoms with Crippen molar-refractivity contribution in [2.45, 2.75) is 18.4 Å². The van der Waals surface area contributed by atoms with Crippen LogP contribution in [-0.4, -0.2) is 50.9 Å². The molecule has 2 N–H and O–H groups in total. The van der Waals surface area contributed by atoms with Gasteiger partial charge in [0.2, 0.25) is 5.91 Å². The topological polar surface area (TPSA) is 77.8 Å². The van der Waals surface area contributed by atoms with Gasteiger partial charge in [-0.3, -0.25) is 14.1 Å². The summed E-state index contributed by atoms with van der Waals surface area (Å²) in [7, 11) is 0. The molecule has 18 heavy (non-hydrogen) atoms. The molecular weight excluding hydrogens is 281 g/mol. The van der Waals surface area contributed by atoms with Gasteiger partial charge in [0.15, 0.2) is 5.70 Å². The Labute approximate surface area is 111 Å². The first-order valence-electron chi connectivity index (χ1n) is 5.33. The Morgan fingerprint density at radius 3 is 2.83 bits per heavy atom. The molecule has 8 heteroatoms. The van der Waals surface area contributed by atoms with Crippen molar-refractivity contribution < 1.29 is 24.2 Å². The van der Waals surface area contributed by atoms with E-state index >= 15 is 0 Å². The summed E-state index contributed by atoms with van der Waals surface area (Å²) in [5, 5.41) is 18.2. The number of rotatable bonds is 5. The lowest BCUT2D eigenvalue weighted by Gasteiger charge is -2.43. The smallest absolute Gasteiger partial charge is 0.354 e. The number of halogens is 1. The largest absolute Gasteiger partial charge is 0.477 e. The van der Waals surface area contributed by atoms with E-state index in [-0.39, 0.29) is 22.7 Å². The highest BCUT2D eigenvalue weighted by atomic mass is 32.2. The Balaban J connectivity index is 2.21. The van der Waals surface area contributed by atoms with E-state index in [1.807, 2.05) is 0 Å². The number of hydrogen-bond donors (Lipinski definition) is 2. The summed E-state index contributed by atoms with van der Waals surface area (Å²) in [5.41, 5.74) is -0.0784. The van der Waals surface area contributed by atoms with E-state index in [1.54, 1.807) is 0 Å². The molecule has 2 aliphatic heterocycles. The molecule has 0 unspecified atom stereocenters. The molecule has 1 fully saturated rings. The zero-order valence-corrected chi connectivity index (χ0v) is 11.1. The third kappa shape index (κ3) is 2.02. The Bertz CT molecular complexity index is 426. The SMILES string of the molecule is C[C@@H](O)[C@H]1C(=O)N2C(C(=O)O)=C(SCCF)S[C@H]12. The molecule has 2 heterocycles. The maximum Gasteiger partial charge on any atom is 0.354 e. The molecule has 2 rings (SSSR count). The van der Waals surface area contributed by atoms with Crippen molar-refractivity contribution in [2.75, 3.05) is 12.4 Å². The van der Waals surface area contributed by atoms with Crippen molar-refractivity contribution >= 4 is 35.4 Å². The second-order valence-corrected chi connectivity index (χ2v) is 6.45. The molecule has 0 aliphatic carbocycles. The van der Waals surface area contributed by atoms with Gasteiger partial charge in [0.1, 0.15) is 5.37 Å². The number of hydrogen-bond acceptors (Lipinski definition) is 5. The van der Waals surface area contributed by atoms with E-state index in [0.29, 0.717) is 4.24 Å². The predicted octanol–water partition coefficient (Wildman–Crippen LogP) is 0.855. The molecular formula is C10H12FNO4S2. The number of amides is 1. The quantitative estimate of drug-likeness (QED) is 0.732. The first-order valence-corrected chi connectivity index (χ1v) is 7.19. The average Bonchev–Trinajstić information content (AvgIpc) is 2.60. The number of carboxylic acid groups (broad SMARTS) is 1. The van der Waals surface area contributed by atoms with Gasteiger partial charge in [-0.25, -0.2) is 4.79 Å². The first kappa shape index (κ1) is 13.7. The minimum Gasteiger partial charge on any atom is -0.477 e. The predicted molar refractivity (Wildman–Crippen MR) is 66.5 cm³/mol. The lowest BCUT2D eigenvalue weighted by atomic mass is 9.92. The fourth-order valence-corrected chi connectivity index (χ4v) is 4.71. The molecule has 0 radical (unpaired) electrons. The van der Waals surface area contributed by atoms with Crippen LogP contribution in [0.15, 0.2) is 9.93 Å². The summed E-state index contributed by atoms with van der Waals surface area (Å²) in [5.74, 6) is -1.99. The Hall–Kier alpha value is -0.730. The van der Waals surface area contributed by atoms with Crippen LogP contribution in [0.1, 0.15) is 6.92 Å². The lowest BCUT2D eigenvalue weighted by Crippen LogP contribution is -2.60. The zero-order valence-electron chi connectivity index (χ0n) is 9.50. The number of nitrogens with zero attached hydrogens (tertiary/aromatic N) is 1. The van der Waals surface area contributed by atoms with Gasteiger partial charge in [0.25, 0.3) is 0 Å². The second-order valence-electron chi connectivity index (χ2n) is 3.96. The van der Waals surface area contributed by atoms with Gasteiger partial charge in [0, 0.05) is 5.75 Å². The van der Waals surface area contributed by atoms with E-state index in [1.165, 1.54) is 23.6 Å². The van der Waals surface area contributed by atoms with Crippen molar-refractivity contribution in [1.29, 1.82) is 0 Å². The van der Waals surface area contributed by atoms with E-state index in [2.05, 4.69) is 0 Å². The molecule has 0 bridgehead atoms. The monoisotopic (exact) mass is 293 g/mol. The molecule has 100 valence electrons. The molecule has 0 aromatic rings. The van der Waals surface area contributed by atoms with E-state index in [0.717, 1.165) is 11.8 Å². The maximum absolute atomic E-state index is 12.1. The van der Waals surface area contributed by atoms with Crippen molar-refractivity contribution in [3.05, 3.63) is 9.93 Å². The summed E-state index contributed by atoms with van der Waals surface area (Å²) in [6.45, 7) is 0.952. The average molecular weight is 293 g/mol. The standard InChI is InChI=1S/C10H12FNO4S2/c1-4(13)5-7(14)12-6(9(15)16)10(17-3-2-11)18-8(5)12/h4-5,8,13H,2-3H2,1H3,(H,15,16)/t4-,5+,8-/m1/s1. The minimum atomic E-state index is -1.19. The number of aliphatic hydroxyl groups is 1. The van der Waals surface area contributed by atoms with Crippen LogP contribution in [0.4, 0.5) is 4.39 Å². The van der Waals surface area contributed by atoms with Gasteiger partial charge in [-0.15, -0.1) is 11.8 Å². The van der Waals surface area contributed by atoms with Gasteiger partial charge >= 0.3 is 5.97 Å². The number of carbonyl (C=O) groups is 2. The van der Waals surface area contributed by atoms with Crippen molar-refractivity contribution in [3.63, 3.8) is 0 Å². The first-order chi connectivity index (χ1) is 8.49. The highest BCUT2D eigenvalue weighted by molar-refractivity contribution is 8.22. The van der Waals surface area contributed by atoms with Gasteiger partial charge in [-0.2, -0.15) is 0 Å². The number of alkyl halides is 1. The molecule has 1 amide bonds. The molecule has 0 aromatic heterocycles. The summed E-state index contributed by atoms with van der Waals surface area (Å²) in [6, 6.07) is 0. The number of aliphatic hydroxyl groups excluding tert-OH is 1. The third-order valence-electron chi connectivity index (χ3n) is 2.78. The molecule has 0 spiro atoms. The van der Waals surface area contributed by atoms with Gasteiger partial charge in [-0.1, -0.05) is 11.8 Å². The maximum atomic E-state index is 12.1. The molecule has 0 saturated carbocycles. The number of carbonyl (C=O) groups excluding carboxylic acids is 1. The summed E-state index contributed by atoms with van der Waals surface area (Å²) in [4.78, 5) is 24.1. The van der Waals surface area contributed by atoms with E-state index in [9.17, 15) is 19.1 Å². The van der Waals surface area contributed by atoms with Crippen LogP contribution in [0.3, 0.4) is 0 Å². The number of thioether (sulfide) groups is 2. The normalized spacial score (nSPS) is 28.2. The number of β-lactam (4-membered cyclic amide) rings is 1. The van der Waals surface area contributed by atoms with Gasteiger partial charge < -0.3 is 10.2 Å². The molecule has 0 aromatic carbocycles. The van der Waals surface area contributed by atoms with Crippen molar-refractivity contribution in [2.24, 2.45) is 5.92 Å². The summed E-state index contributed by atoms with van der Waals surface area (Å²) >= 11 is 2.31. The minimum absolute atomic E-state index is 0.0784. The Kier molecular flexibility index (Phi) is 3.88. The molecule has 1 saturated heterocycles. The van der Waals surface area contributed by atoms with Gasteiger partial charge in [0.05, 0.1) is 22.9 Å². The lowest BCUT2D eigenvalue weighted by molar-refractivity contribution is -0.156. The van der Waals surface area contributed by atoms with Crippen LogP contribution in [0.5, 0.6) is 0 Å². The molecule has 2 aliphatic rings. The summed E-state index contributed by atoms with van der Waals surface area (Å²) < 4.78 is 12.6. The third-order valence-corrected chi connectivity index (χ3v) is 5.39. The van der Waals surface area contributed by atoms with Crippen LogP contribution in [0.25, 0.3) is 0 Å². The van der Waals surface area contributed by atoms with E-state index in [4.69, 9.17) is 5.11 Å². The fourth-order valence-electron chi connectivity index (χ4n) is 1.98. The zero-order chi connectivity index (χ0) is 13.4. The number of carboxylic acids is 1. The van der Waals surface area contributed by atoms with E-state index < -0.39 is 24.7 Å². The van der Waals surface area contributed by atoms with Gasteiger partial charge in [-0.05, 0) is 6.92 Å². The van der Waals surface area contributed by atoms with Crippen LogP contribution in [-0.2, 0) is 9.59 Å². The van der Waals surface area contributed by atoms with Crippen LogP contribution in [0.2, 0.25) is 0 Å².